The van der Waals surface area contributed by atoms with Crippen molar-refractivity contribution in [1.82, 2.24) is 20.9 Å². The summed E-state index contributed by atoms with van der Waals surface area (Å²) in [5, 5.41) is 9.32. The van der Waals surface area contributed by atoms with Gasteiger partial charge in [0.2, 0.25) is 11.8 Å². The Balaban J connectivity index is 1.80. The largest absolute Gasteiger partial charge is 0.359 e. The van der Waals surface area contributed by atoms with Gasteiger partial charge in [-0.15, -0.1) is 0 Å². The van der Waals surface area contributed by atoms with E-state index in [1.54, 1.807) is 14.1 Å². The van der Waals surface area contributed by atoms with Gasteiger partial charge in [-0.1, -0.05) is 19.3 Å². The number of amides is 2. The SMILES string of the molecule is CN=C(NCC(C)(C)C(=O)NC)NC1CCN(C(=O)C2CCCCC2)C1. The Morgan fingerprint density at radius 1 is 1.15 bits per heavy atom. The lowest BCUT2D eigenvalue weighted by molar-refractivity contribution is -0.135. The quantitative estimate of drug-likeness (QED) is 0.503. The van der Waals surface area contributed by atoms with Gasteiger partial charge in [0.05, 0.1) is 5.41 Å². The number of nitrogens with zero attached hydrogens (tertiary/aromatic N) is 2. The first-order chi connectivity index (χ1) is 12.4. The topological polar surface area (TPSA) is 85.8 Å². The van der Waals surface area contributed by atoms with Crippen LogP contribution in [0.3, 0.4) is 0 Å². The lowest BCUT2D eigenvalue weighted by Crippen LogP contribution is -2.50. The molecule has 0 spiro atoms. The van der Waals surface area contributed by atoms with Crippen LogP contribution in [0.15, 0.2) is 4.99 Å². The standard InChI is InChI=1S/C19H35N5O2/c1-19(2,17(26)20-3)13-22-18(21-4)23-15-10-11-24(12-15)16(25)14-8-6-5-7-9-14/h14-15H,5-13H2,1-4H3,(H,20,26)(H2,21,22,23). The molecule has 1 aliphatic carbocycles. The lowest BCUT2D eigenvalue weighted by Gasteiger charge is -2.27. The number of hydrogen-bond acceptors (Lipinski definition) is 3. The Hall–Kier alpha value is -1.79. The maximum absolute atomic E-state index is 12.7. The van der Waals surface area contributed by atoms with E-state index < -0.39 is 5.41 Å². The number of carbonyl (C=O) groups excluding carboxylic acids is 2. The van der Waals surface area contributed by atoms with Gasteiger partial charge in [0.1, 0.15) is 0 Å². The second kappa shape index (κ2) is 9.24. The number of guanidine groups is 1. The Bertz CT molecular complexity index is 526. The average Bonchev–Trinajstić information content (AvgIpc) is 3.12. The molecule has 0 aromatic rings. The van der Waals surface area contributed by atoms with Crippen LogP contribution in [0.4, 0.5) is 0 Å². The van der Waals surface area contributed by atoms with E-state index in [9.17, 15) is 9.59 Å². The summed E-state index contributed by atoms with van der Waals surface area (Å²) < 4.78 is 0. The molecule has 7 nitrogen and oxygen atoms in total. The number of hydrogen-bond donors (Lipinski definition) is 3. The van der Waals surface area contributed by atoms with Crippen molar-refractivity contribution in [2.75, 3.05) is 33.7 Å². The minimum atomic E-state index is -0.523. The summed E-state index contributed by atoms with van der Waals surface area (Å²) in [6.07, 6.45) is 6.66. The number of rotatable bonds is 5. The molecule has 26 heavy (non-hydrogen) atoms. The van der Waals surface area contributed by atoms with Gasteiger partial charge in [-0.05, 0) is 33.1 Å². The van der Waals surface area contributed by atoms with Crippen molar-refractivity contribution in [3.8, 4) is 0 Å². The molecule has 2 fully saturated rings. The highest BCUT2D eigenvalue weighted by molar-refractivity contribution is 5.84. The Kier molecular flexibility index (Phi) is 7.29. The first-order valence-corrected chi connectivity index (χ1v) is 9.85. The Labute approximate surface area is 157 Å². The molecule has 7 heteroatoms. The highest BCUT2D eigenvalue weighted by atomic mass is 16.2. The Morgan fingerprint density at radius 3 is 2.46 bits per heavy atom. The van der Waals surface area contributed by atoms with E-state index in [0.717, 1.165) is 32.4 Å². The van der Waals surface area contributed by atoms with Gasteiger partial charge in [-0.25, -0.2) is 0 Å². The fourth-order valence-electron chi connectivity index (χ4n) is 3.80. The van der Waals surface area contributed by atoms with E-state index in [-0.39, 0.29) is 17.9 Å². The van der Waals surface area contributed by atoms with Crippen LogP contribution in [-0.2, 0) is 9.59 Å². The molecule has 1 atom stereocenters. The molecular weight excluding hydrogens is 330 g/mol. The zero-order valence-electron chi connectivity index (χ0n) is 16.7. The van der Waals surface area contributed by atoms with E-state index in [2.05, 4.69) is 20.9 Å². The van der Waals surface area contributed by atoms with Crippen LogP contribution in [0.25, 0.3) is 0 Å². The van der Waals surface area contributed by atoms with Crippen molar-refractivity contribution in [2.45, 2.75) is 58.4 Å². The van der Waals surface area contributed by atoms with Crippen molar-refractivity contribution in [1.29, 1.82) is 0 Å². The highest BCUT2D eigenvalue weighted by Gasteiger charge is 2.32. The van der Waals surface area contributed by atoms with Gasteiger partial charge in [-0.3, -0.25) is 14.6 Å². The Morgan fingerprint density at radius 2 is 1.85 bits per heavy atom. The summed E-state index contributed by atoms with van der Waals surface area (Å²) >= 11 is 0. The molecule has 1 saturated heterocycles. The van der Waals surface area contributed by atoms with Crippen LogP contribution in [0.2, 0.25) is 0 Å². The van der Waals surface area contributed by atoms with Gasteiger partial charge in [0.25, 0.3) is 0 Å². The van der Waals surface area contributed by atoms with E-state index in [4.69, 9.17) is 0 Å². The molecule has 3 N–H and O–H groups in total. The number of likely N-dealkylation sites (tertiary alicyclic amines) is 1. The first-order valence-electron chi connectivity index (χ1n) is 9.85. The number of nitrogens with one attached hydrogen (secondary N) is 3. The molecule has 1 aliphatic heterocycles. The predicted octanol–water partition coefficient (Wildman–Crippen LogP) is 1.10. The van der Waals surface area contributed by atoms with Crippen LogP contribution in [0.5, 0.6) is 0 Å². The van der Waals surface area contributed by atoms with Crippen LogP contribution in [0, 0.1) is 11.3 Å². The third kappa shape index (κ3) is 5.35. The summed E-state index contributed by atoms with van der Waals surface area (Å²) in [6.45, 7) is 5.82. The first kappa shape index (κ1) is 20.5. The van der Waals surface area contributed by atoms with Crippen molar-refractivity contribution in [2.24, 2.45) is 16.3 Å². The van der Waals surface area contributed by atoms with Crippen LogP contribution in [0.1, 0.15) is 52.4 Å². The number of aliphatic imine (C=N–C) groups is 1. The molecule has 148 valence electrons. The van der Waals surface area contributed by atoms with Crippen LogP contribution < -0.4 is 16.0 Å². The van der Waals surface area contributed by atoms with E-state index >= 15 is 0 Å². The predicted molar refractivity (Wildman–Crippen MR) is 104 cm³/mol. The van der Waals surface area contributed by atoms with E-state index in [1.165, 1.54) is 19.3 Å². The zero-order chi connectivity index (χ0) is 19.2. The minimum Gasteiger partial charge on any atom is -0.359 e. The van der Waals surface area contributed by atoms with Gasteiger partial charge >= 0.3 is 0 Å². The van der Waals surface area contributed by atoms with Gasteiger partial charge in [0, 0.05) is 45.7 Å². The normalized spacial score (nSPS) is 22.2. The van der Waals surface area contributed by atoms with E-state index in [1.807, 2.05) is 18.7 Å². The molecule has 0 aromatic carbocycles. The van der Waals surface area contributed by atoms with Crippen molar-refractivity contribution >= 4 is 17.8 Å². The second-order valence-corrected chi connectivity index (χ2v) is 8.14. The summed E-state index contributed by atoms with van der Waals surface area (Å²) in [7, 11) is 3.37. The molecule has 1 saturated carbocycles. The third-order valence-corrected chi connectivity index (χ3v) is 5.56. The molecule has 2 aliphatic rings. The highest BCUT2D eigenvalue weighted by Crippen LogP contribution is 2.26. The zero-order valence-corrected chi connectivity index (χ0v) is 16.7. The minimum absolute atomic E-state index is 0.00873. The molecule has 1 unspecified atom stereocenters. The molecule has 2 amide bonds. The van der Waals surface area contributed by atoms with Gasteiger partial charge < -0.3 is 20.9 Å². The molecule has 0 bridgehead atoms. The van der Waals surface area contributed by atoms with Crippen molar-refractivity contribution in [3.63, 3.8) is 0 Å². The molecule has 2 rings (SSSR count). The van der Waals surface area contributed by atoms with Gasteiger partial charge in [-0.2, -0.15) is 0 Å². The monoisotopic (exact) mass is 365 g/mol. The van der Waals surface area contributed by atoms with Gasteiger partial charge in [0.15, 0.2) is 5.96 Å². The van der Waals surface area contributed by atoms with Crippen LogP contribution >= 0.6 is 0 Å². The second-order valence-electron chi connectivity index (χ2n) is 8.14. The number of carbonyl (C=O) groups is 2. The summed E-state index contributed by atoms with van der Waals surface area (Å²) in [5.74, 6) is 1.23. The smallest absolute Gasteiger partial charge is 0.227 e. The van der Waals surface area contributed by atoms with Crippen LogP contribution in [-0.4, -0.2) is 62.4 Å². The van der Waals surface area contributed by atoms with Crippen molar-refractivity contribution in [3.05, 3.63) is 0 Å². The summed E-state index contributed by atoms with van der Waals surface area (Å²) in [6, 6.07) is 0.205. The van der Waals surface area contributed by atoms with E-state index in [0.29, 0.717) is 18.4 Å². The molecule has 0 aromatic heterocycles. The molecular formula is C19H35N5O2. The third-order valence-electron chi connectivity index (χ3n) is 5.56. The lowest BCUT2D eigenvalue weighted by atomic mass is 9.88. The maximum Gasteiger partial charge on any atom is 0.227 e. The maximum atomic E-state index is 12.7. The fraction of sp³-hybridized carbons (Fsp3) is 0.842. The van der Waals surface area contributed by atoms with Crippen molar-refractivity contribution < 1.29 is 9.59 Å². The summed E-state index contributed by atoms with van der Waals surface area (Å²) in [4.78, 5) is 30.8. The molecule has 0 radical (unpaired) electrons. The fourth-order valence-corrected chi connectivity index (χ4v) is 3.80. The summed E-state index contributed by atoms with van der Waals surface area (Å²) in [5.41, 5.74) is -0.523. The average molecular weight is 366 g/mol. The molecule has 1 heterocycles.